The molecule has 1 unspecified atom stereocenters. The second-order valence-corrected chi connectivity index (χ2v) is 11.4. The molecule has 1 amide bonds. The molecular weight excluding hydrogens is 410 g/mol. The Morgan fingerprint density at radius 2 is 1.82 bits per heavy atom. The van der Waals surface area contributed by atoms with Gasteiger partial charge in [-0.05, 0) is 58.9 Å². The fraction of sp³-hybridized carbons (Fsp3) is 0.630. The van der Waals surface area contributed by atoms with Crippen molar-refractivity contribution in [2.24, 2.45) is 10.4 Å². The van der Waals surface area contributed by atoms with Crippen LogP contribution in [-0.4, -0.2) is 66.5 Å². The topological polar surface area (TPSA) is 60.0 Å². The Hall–Kier alpha value is -2.34. The summed E-state index contributed by atoms with van der Waals surface area (Å²) in [7, 11) is 0. The summed E-state index contributed by atoms with van der Waals surface area (Å²) in [6, 6.07) is 8.46. The van der Waals surface area contributed by atoms with Crippen molar-refractivity contribution in [2.45, 2.75) is 64.8 Å². The van der Waals surface area contributed by atoms with Crippen molar-refractivity contribution in [1.29, 1.82) is 0 Å². The van der Waals surface area contributed by atoms with Gasteiger partial charge in [-0.2, -0.15) is 0 Å². The van der Waals surface area contributed by atoms with Gasteiger partial charge in [-0.1, -0.05) is 29.8 Å². The maximum Gasteiger partial charge on any atom is 0.231 e. The Kier molecular flexibility index (Phi) is 5.76. The van der Waals surface area contributed by atoms with Crippen LogP contribution >= 0.6 is 0 Å². The monoisotopic (exact) mass is 449 g/mol. The van der Waals surface area contributed by atoms with Crippen LogP contribution in [0.25, 0.3) is 0 Å². The van der Waals surface area contributed by atoms with Gasteiger partial charge in [-0.15, -0.1) is 0 Å². The molecule has 5 rings (SSSR count). The van der Waals surface area contributed by atoms with Gasteiger partial charge in [0.15, 0.2) is 0 Å². The lowest BCUT2D eigenvalue weighted by molar-refractivity contribution is -0.134. The lowest BCUT2D eigenvalue weighted by Gasteiger charge is -2.40. The second kappa shape index (κ2) is 8.46. The minimum atomic E-state index is -0.161. The summed E-state index contributed by atoms with van der Waals surface area (Å²) in [6.45, 7) is 13.2. The van der Waals surface area contributed by atoms with Crippen molar-refractivity contribution in [2.75, 3.05) is 39.4 Å². The standard InChI is InChI=1S/C27H39N5O/c1-19-5-7-20(8-6-19)21(17-30-26(2,3)4)25(33)32-15-13-31(14-16-32)24-23-22(28-18-29-24)9-10-27(23)11-12-27/h5-8,21,28,30H,9-18H2,1-4H3. The first-order valence-electron chi connectivity index (χ1n) is 12.6. The van der Waals surface area contributed by atoms with E-state index in [0.29, 0.717) is 18.6 Å². The molecule has 2 N–H and O–H groups in total. The van der Waals surface area contributed by atoms with Crippen molar-refractivity contribution >= 4 is 11.7 Å². The highest BCUT2D eigenvalue weighted by atomic mass is 16.2. The van der Waals surface area contributed by atoms with E-state index in [4.69, 9.17) is 4.99 Å². The van der Waals surface area contributed by atoms with Gasteiger partial charge in [0.2, 0.25) is 5.91 Å². The van der Waals surface area contributed by atoms with E-state index in [-0.39, 0.29) is 17.4 Å². The van der Waals surface area contributed by atoms with Gasteiger partial charge in [0, 0.05) is 54.9 Å². The van der Waals surface area contributed by atoms with Gasteiger partial charge in [0.1, 0.15) is 12.5 Å². The molecule has 1 saturated carbocycles. The molecule has 2 fully saturated rings. The third-order valence-electron chi connectivity index (χ3n) is 7.79. The number of piperazine rings is 1. The molecule has 4 aliphatic rings. The van der Waals surface area contributed by atoms with Crippen molar-refractivity contribution in [3.63, 3.8) is 0 Å². The van der Waals surface area contributed by atoms with Gasteiger partial charge < -0.3 is 20.4 Å². The number of carbonyl (C=O) groups excluding carboxylic acids is 1. The molecule has 2 aliphatic carbocycles. The van der Waals surface area contributed by atoms with Crippen molar-refractivity contribution in [3.8, 4) is 0 Å². The predicted octanol–water partition coefficient (Wildman–Crippen LogP) is 3.40. The van der Waals surface area contributed by atoms with Crippen molar-refractivity contribution < 1.29 is 4.79 Å². The first-order valence-corrected chi connectivity index (χ1v) is 12.6. The number of amides is 1. The Morgan fingerprint density at radius 3 is 2.45 bits per heavy atom. The summed E-state index contributed by atoms with van der Waals surface area (Å²) in [4.78, 5) is 23.1. The van der Waals surface area contributed by atoms with E-state index in [9.17, 15) is 4.79 Å². The number of aliphatic imine (C=N–C) groups is 1. The lowest BCUT2D eigenvalue weighted by Crippen LogP contribution is -2.54. The third kappa shape index (κ3) is 4.54. The molecule has 0 radical (unpaired) electrons. The van der Waals surface area contributed by atoms with Crippen LogP contribution in [0, 0.1) is 12.3 Å². The molecule has 2 heterocycles. The molecule has 1 aromatic rings. The zero-order valence-electron chi connectivity index (χ0n) is 20.7. The SMILES string of the molecule is Cc1ccc(C(CNC(C)(C)C)C(=O)N2CCN(C3=NCNC4=C3C3(CC4)CC3)CC2)cc1. The quantitative estimate of drug-likeness (QED) is 0.740. The number of hydrogen-bond acceptors (Lipinski definition) is 5. The number of aryl methyl sites for hydroxylation is 1. The first-order chi connectivity index (χ1) is 15.8. The summed E-state index contributed by atoms with van der Waals surface area (Å²) in [5, 5.41) is 7.10. The van der Waals surface area contributed by atoms with E-state index < -0.39 is 0 Å². The highest BCUT2D eigenvalue weighted by Gasteiger charge is 2.53. The van der Waals surface area contributed by atoms with Crippen LogP contribution in [0.15, 0.2) is 40.5 Å². The second-order valence-electron chi connectivity index (χ2n) is 11.4. The summed E-state index contributed by atoms with van der Waals surface area (Å²) < 4.78 is 0. The highest BCUT2D eigenvalue weighted by molar-refractivity contribution is 6.02. The van der Waals surface area contributed by atoms with Crippen LogP contribution in [0.3, 0.4) is 0 Å². The Labute approximate surface area is 198 Å². The van der Waals surface area contributed by atoms with Crippen LogP contribution in [0.5, 0.6) is 0 Å². The van der Waals surface area contributed by atoms with E-state index in [1.807, 2.05) is 0 Å². The largest absolute Gasteiger partial charge is 0.369 e. The zero-order valence-corrected chi connectivity index (χ0v) is 20.7. The molecular formula is C27H39N5O. The molecule has 0 aromatic heterocycles. The number of amidine groups is 1. The molecule has 33 heavy (non-hydrogen) atoms. The number of benzene rings is 1. The maximum absolute atomic E-state index is 13.7. The number of nitrogens with one attached hydrogen (secondary N) is 2. The molecule has 6 nitrogen and oxygen atoms in total. The molecule has 2 aliphatic heterocycles. The Bertz CT molecular complexity index is 959. The minimum Gasteiger partial charge on any atom is -0.369 e. The molecule has 0 bridgehead atoms. The smallest absolute Gasteiger partial charge is 0.231 e. The van der Waals surface area contributed by atoms with Crippen molar-refractivity contribution in [3.05, 3.63) is 46.7 Å². The normalized spacial score (nSPS) is 22.7. The van der Waals surface area contributed by atoms with Crippen LogP contribution in [0.4, 0.5) is 0 Å². The van der Waals surface area contributed by atoms with Crippen LogP contribution in [0.1, 0.15) is 63.5 Å². The summed E-state index contributed by atoms with van der Waals surface area (Å²) in [5.41, 5.74) is 5.64. The van der Waals surface area contributed by atoms with E-state index in [1.165, 1.54) is 48.4 Å². The lowest BCUT2D eigenvalue weighted by atomic mass is 9.94. The number of allylic oxidation sites excluding steroid dienone is 1. The number of hydrogen-bond donors (Lipinski definition) is 2. The molecule has 1 saturated heterocycles. The van der Waals surface area contributed by atoms with Crippen LogP contribution in [0.2, 0.25) is 0 Å². The summed E-state index contributed by atoms with van der Waals surface area (Å²) >= 11 is 0. The van der Waals surface area contributed by atoms with Gasteiger partial charge in [0.05, 0.1) is 5.92 Å². The molecule has 178 valence electrons. The summed E-state index contributed by atoms with van der Waals surface area (Å²) in [5.74, 6) is 1.30. The van der Waals surface area contributed by atoms with Crippen molar-refractivity contribution in [1.82, 2.24) is 20.4 Å². The fourth-order valence-corrected chi connectivity index (χ4v) is 5.59. The van der Waals surface area contributed by atoms with Crippen LogP contribution in [-0.2, 0) is 4.79 Å². The predicted molar refractivity (Wildman–Crippen MR) is 133 cm³/mol. The minimum absolute atomic E-state index is 0.0272. The average Bonchev–Trinajstić information content (AvgIpc) is 3.49. The molecule has 6 heteroatoms. The third-order valence-corrected chi connectivity index (χ3v) is 7.79. The Balaban J connectivity index is 1.27. The zero-order chi connectivity index (χ0) is 23.2. The number of rotatable bonds is 4. The molecule has 1 aromatic carbocycles. The Morgan fingerprint density at radius 1 is 1.12 bits per heavy atom. The summed E-state index contributed by atoms with van der Waals surface area (Å²) in [6.07, 6.45) is 5.07. The first kappa shape index (κ1) is 22.5. The van der Waals surface area contributed by atoms with Gasteiger partial charge in [0.25, 0.3) is 0 Å². The number of fused-ring (bicyclic) bond motifs is 1. The number of nitrogens with zero attached hydrogens (tertiary/aromatic N) is 3. The van der Waals surface area contributed by atoms with E-state index in [2.05, 4.69) is 72.4 Å². The number of carbonyl (C=O) groups is 1. The highest BCUT2D eigenvalue weighted by Crippen LogP contribution is 2.61. The average molecular weight is 450 g/mol. The maximum atomic E-state index is 13.7. The van der Waals surface area contributed by atoms with Gasteiger partial charge in [-0.25, -0.2) is 4.99 Å². The van der Waals surface area contributed by atoms with Gasteiger partial charge >= 0.3 is 0 Å². The molecule has 1 spiro atoms. The van der Waals surface area contributed by atoms with Gasteiger partial charge in [-0.3, -0.25) is 4.79 Å². The molecule has 1 atom stereocenters. The van der Waals surface area contributed by atoms with E-state index in [0.717, 1.165) is 31.7 Å². The van der Waals surface area contributed by atoms with E-state index in [1.54, 1.807) is 0 Å². The van der Waals surface area contributed by atoms with E-state index >= 15 is 0 Å². The van der Waals surface area contributed by atoms with Crippen LogP contribution < -0.4 is 10.6 Å². The fourth-order valence-electron chi connectivity index (χ4n) is 5.59.